The Morgan fingerprint density at radius 3 is 2.85 bits per heavy atom. The highest BCUT2D eigenvalue weighted by molar-refractivity contribution is 8.01. The number of thiazole rings is 1. The van der Waals surface area contributed by atoms with E-state index in [0.29, 0.717) is 16.2 Å². The van der Waals surface area contributed by atoms with Crippen LogP contribution in [0.4, 0.5) is 14.5 Å². The zero-order valence-corrected chi connectivity index (χ0v) is 15.3. The van der Waals surface area contributed by atoms with E-state index in [1.165, 1.54) is 40.5 Å². The Morgan fingerprint density at radius 2 is 2.07 bits per heavy atom. The number of nitrogens with zero attached hydrogens (tertiary/aromatic N) is 2. The van der Waals surface area contributed by atoms with Gasteiger partial charge in [-0.15, -0.1) is 23.1 Å². The molecule has 1 aromatic heterocycles. The zero-order chi connectivity index (χ0) is 19.1. The van der Waals surface area contributed by atoms with Crippen LogP contribution in [0.25, 0.3) is 10.2 Å². The molecule has 0 spiro atoms. The smallest absolute Gasteiger partial charge is 0.305 e. The number of halogens is 2. The average molecular weight is 406 g/mol. The van der Waals surface area contributed by atoms with Gasteiger partial charge in [-0.25, -0.2) is 13.8 Å². The first-order chi connectivity index (χ1) is 12.9. The molecule has 2 heterocycles. The third-order valence-electron chi connectivity index (χ3n) is 4.09. The Hall–Kier alpha value is -2.52. The Morgan fingerprint density at radius 1 is 1.26 bits per heavy atom. The van der Waals surface area contributed by atoms with Crippen LogP contribution in [-0.4, -0.2) is 27.2 Å². The molecule has 138 valence electrons. The fraction of sp³-hybridized carbons (Fsp3) is 0.167. The second-order valence-electron chi connectivity index (χ2n) is 5.94. The minimum Gasteiger partial charge on any atom is -0.481 e. The molecule has 5 nitrogen and oxygen atoms in total. The van der Waals surface area contributed by atoms with Crippen molar-refractivity contribution < 1.29 is 23.5 Å². The molecule has 3 aromatic rings. The lowest BCUT2D eigenvalue weighted by Gasteiger charge is -2.32. The van der Waals surface area contributed by atoms with Gasteiger partial charge >= 0.3 is 5.97 Å². The summed E-state index contributed by atoms with van der Waals surface area (Å²) in [6, 6.07) is 8.65. The van der Waals surface area contributed by atoms with E-state index in [0.717, 1.165) is 16.5 Å². The van der Waals surface area contributed by atoms with Crippen LogP contribution in [0, 0.1) is 11.6 Å². The number of thioether (sulfide) groups is 1. The standard InChI is InChI=1S/C18H12F2N2O3S2/c19-9-4-5-13-11(6-9)21-15(26-13)8-22-12-3-1-2-10(20)17(12)27-14(18(22)25)7-16(23)24/h1-6,14H,7-8H2,(H,23,24). The molecule has 0 saturated carbocycles. The number of carboxylic acids is 1. The molecular formula is C18H12F2N2O3S2. The first kappa shape index (κ1) is 17.9. The van der Waals surface area contributed by atoms with Crippen molar-refractivity contribution in [3.05, 3.63) is 53.0 Å². The molecule has 1 unspecified atom stereocenters. The molecule has 1 aliphatic rings. The summed E-state index contributed by atoms with van der Waals surface area (Å²) in [4.78, 5) is 29.9. The summed E-state index contributed by atoms with van der Waals surface area (Å²) in [6.45, 7) is 0.0624. The molecule has 1 aliphatic heterocycles. The largest absolute Gasteiger partial charge is 0.481 e. The third kappa shape index (κ3) is 3.40. The summed E-state index contributed by atoms with van der Waals surface area (Å²) in [7, 11) is 0. The van der Waals surface area contributed by atoms with E-state index in [-0.39, 0.29) is 11.4 Å². The molecule has 0 saturated heterocycles. The van der Waals surface area contributed by atoms with Crippen molar-refractivity contribution in [1.29, 1.82) is 0 Å². The first-order valence-corrected chi connectivity index (χ1v) is 9.65. The minimum absolute atomic E-state index is 0.0624. The SMILES string of the molecule is O=C(O)CC1Sc2c(F)cccc2N(Cc2nc3cc(F)ccc3s2)C1=O. The summed E-state index contributed by atoms with van der Waals surface area (Å²) >= 11 is 2.23. The van der Waals surface area contributed by atoms with Crippen molar-refractivity contribution in [3.63, 3.8) is 0 Å². The number of hydrogen-bond donors (Lipinski definition) is 1. The highest BCUT2D eigenvalue weighted by Gasteiger charge is 2.36. The number of carbonyl (C=O) groups is 2. The monoisotopic (exact) mass is 406 g/mol. The van der Waals surface area contributed by atoms with E-state index in [1.54, 1.807) is 12.1 Å². The molecule has 27 heavy (non-hydrogen) atoms. The molecule has 1 N–H and O–H groups in total. The summed E-state index contributed by atoms with van der Waals surface area (Å²) in [5.74, 6) is -2.45. The van der Waals surface area contributed by atoms with Crippen LogP contribution in [-0.2, 0) is 16.1 Å². The van der Waals surface area contributed by atoms with Gasteiger partial charge in [-0.2, -0.15) is 0 Å². The second kappa shape index (κ2) is 6.90. The maximum Gasteiger partial charge on any atom is 0.305 e. The molecule has 0 fully saturated rings. The maximum atomic E-state index is 14.3. The molecule has 9 heteroatoms. The fourth-order valence-electron chi connectivity index (χ4n) is 2.91. The van der Waals surface area contributed by atoms with Crippen LogP contribution in [0.15, 0.2) is 41.3 Å². The van der Waals surface area contributed by atoms with Gasteiger partial charge in [0, 0.05) is 6.07 Å². The zero-order valence-electron chi connectivity index (χ0n) is 13.7. The maximum absolute atomic E-state index is 14.3. The number of carbonyl (C=O) groups excluding carboxylic acids is 1. The highest BCUT2D eigenvalue weighted by Crippen LogP contribution is 2.42. The van der Waals surface area contributed by atoms with Gasteiger partial charge in [-0.3, -0.25) is 9.59 Å². The van der Waals surface area contributed by atoms with Gasteiger partial charge in [-0.1, -0.05) is 6.07 Å². The Balaban J connectivity index is 1.73. The number of aromatic nitrogens is 1. The Bertz CT molecular complexity index is 1070. The van der Waals surface area contributed by atoms with Crippen LogP contribution in [0.5, 0.6) is 0 Å². The minimum atomic E-state index is -1.13. The molecule has 0 bridgehead atoms. The Labute approximate surface area is 160 Å². The predicted octanol–water partition coefficient (Wildman–Crippen LogP) is 4.06. The van der Waals surface area contributed by atoms with Crippen LogP contribution >= 0.6 is 23.1 Å². The van der Waals surface area contributed by atoms with Gasteiger partial charge in [-0.05, 0) is 24.3 Å². The summed E-state index contributed by atoms with van der Waals surface area (Å²) in [6.07, 6.45) is -0.404. The third-order valence-corrected chi connectivity index (χ3v) is 6.40. The quantitative estimate of drug-likeness (QED) is 0.708. The van der Waals surface area contributed by atoms with E-state index in [2.05, 4.69) is 4.98 Å². The number of benzene rings is 2. The van der Waals surface area contributed by atoms with Crippen molar-refractivity contribution in [2.75, 3.05) is 4.90 Å². The molecule has 2 aromatic carbocycles. The van der Waals surface area contributed by atoms with Gasteiger partial charge in [0.15, 0.2) is 0 Å². The van der Waals surface area contributed by atoms with E-state index in [1.807, 2.05) is 0 Å². The highest BCUT2D eigenvalue weighted by atomic mass is 32.2. The molecular weight excluding hydrogens is 394 g/mol. The molecule has 0 radical (unpaired) electrons. The molecule has 1 amide bonds. The van der Waals surface area contributed by atoms with Crippen molar-refractivity contribution >= 4 is 50.9 Å². The molecule has 4 rings (SSSR count). The number of rotatable bonds is 4. The number of fused-ring (bicyclic) bond motifs is 2. The van der Waals surface area contributed by atoms with Gasteiger partial charge in [0.05, 0.1) is 39.0 Å². The summed E-state index contributed by atoms with van der Waals surface area (Å²) in [5, 5.41) is 8.71. The van der Waals surface area contributed by atoms with E-state index in [9.17, 15) is 18.4 Å². The van der Waals surface area contributed by atoms with Gasteiger partial charge in [0.25, 0.3) is 0 Å². The lowest BCUT2D eigenvalue weighted by molar-refractivity contribution is -0.138. The number of carboxylic acid groups (broad SMARTS) is 1. The van der Waals surface area contributed by atoms with E-state index in [4.69, 9.17) is 5.11 Å². The molecule has 0 aliphatic carbocycles. The van der Waals surface area contributed by atoms with Gasteiger partial charge in [0.2, 0.25) is 5.91 Å². The normalized spacial score (nSPS) is 16.6. The molecule has 1 atom stereocenters. The topological polar surface area (TPSA) is 70.5 Å². The first-order valence-electron chi connectivity index (χ1n) is 7.95. The van der Waals surface area contributed by atoms with Crippen molar-refractivity contribution in [2.45, 2.75) is 23.1 Å². The summed E-state index contributed by atoms with van der Waals surface area (Å²) in [5.41, 5.74) is 0.868. The van der Waals surface area contributed by atoms with Crippen molar-refractivity contribution in [1.82, 2.24) is 4.98 Å². The average Bonchev–Trinajstić information content (AvgIpc) is 3.00. The lowest BCUT2D eigenvalue weighted by atomic mass is 10.2. The fourth-order valence-corrected chi connectivity index (χ4v) is 5.07. The van der Waals surface area contributed by atoms with E-state index < -0.39 is 35.2 Å². The van der Waals surface area contributed by atoms with Gasteiger partial charge in [0.1, 0.15) is 16.6 Å². The summed E-state index contributed by atoms with van der Waals surface area (Å²) < 4.78 is 28.4. The number of amides is 1. The van der Waals surface area contributed by atoms with Crippen LogP contribution in [0.1, 0.15) is 11.4 Å². The number of aliphatic carboxylic acids is 1. The van der Waals surface area contributed by atoms with Gasteiger partial charge < -0.3 is 10.0 Å². The van der Waals surface area contributed by atoms with Crippen LogP contribution < -0.4 is 4.90 Å². The Kier molecular flexibility index (Phi) is 4.56. The van der Waals surface area contributed by atoms with Crippen LogP contribution in [0.3, 0.4) is 0 Å². The van der Waals surface area contributed by atoms with E-state index >= 15 is 0 Å². The van der Waals surface area contributed by atoms with Crippen LogP contribution in [0.2, 0.25) is 0 Å². The van der Waals surface area contributed by atoms with Crippen molar-refractivity contribution in [3.8, 4) is 0 Å². The predicted molar refractivity (Wildman–Crippen MR) is 99.1 cm³/mol. The number of anilines is 1. The lowest BCUT2D eigenvalue weighted by Crippen LogP contribution is -2.41. The number of hydrogen-bond acceptors (Lipinski definition) is 5. The van der Waals surface area contributed by atoms with Crippen molar-refractivity contribution in [2.24, 2.45) is 0 Å². The second-order valence-corrected chi connectivity index (χ2v) is 8.26.